The fraction of sp³-hybridized carbons (Fsp3) is 0.200. The Balaban J connectivity index is 1.89. The second-order valence-corrected chi connectivity index (χ2v) is 8.72. The van der Waals surface area contributed by atoms with Crippen molar-refractivity contribution in [3.63, 3.8) is 0 Å². The average molecular weight is 478 g/mol. The molecule has 4 rings (SSSR count). The summed E-state index contributed by atoms with van der Waals surface area (Å²) in [5, 5.41) is 12.3. The third-order valence-corrected chi connectivity index (χ3v) is 6.71. The summed E-state index contributed by atoms with van der Waals surface area (Å²) in [6.45, 7) is 4.19. The number of nitrogens with zero attached hydrogens (tertiary/aromatic N) is 3. The van der Waals surface area contributed by atoms with E-state index in [4.69, 9.17) is 14.5 Å². The van der Waals surface area contributed by atoms with Crippen LogP contribution < -0.4 is 14.4 Å². The van der Waals surface area contributed by atoms with Crippen LogP contribution in [-0.4, -0.2) is 30.0 Å². The van der Waals surface area contributed by atoms with Crippen molar-refractivity contribution in [1.29, 1.82) is 0 Å². The number of anilines is 1. The molecular formula is C25H23N3O5S. The molecule has 3 aromatic carbocycles. The van der Waals surface area contributed by atoms with Crippen LogP contribution >= 0.6 is 11.3 Å². The van der Waals surface area contributed by atoms with Crippen LogP contribution in [0.3, 0.4) is 0 Å². The predicted molar refractivity (Wildman–Crippen MR) is 132 cm³/mol. The van der Waals surface area contributed by atoms with Crippen molar-refractivity contribution in [3.8, 4) is 11.5 Å². The molecule has 0 N–H and O–H groups in total. The second kappa shape index (κ2) is 9.48. The molecule has 0 saturated carbocycles. The molecule has 0 atom stereocenters. The van der Waals surface area contributed by atoms with E-state index in [1.807, 2.05) is 56.3 Å². The van der Waals surface area contributed by atoms with Gasteiger partial charge >= 0.3 is 0 Å². The molecule has 1 heterocycles. The van der Waals surface area contributed by atoms with Crippen molar-refractivity contribution in [2.75, 3.05) is 19.1 Å². The third-order valence-electron chi connectivity index (χ3n) is 5.66. The fourth-order valence-electron chi connectivity index (χ4n) is 3.66. The van der Waals surface area contributed by atoms with Crippen molar-refractivity contribution in [2.24, 2.45) is 0 Å². The minimum Gasteiger partial charge on any atom is -0.493 e. The van der Waals surface area contributed by atoms with Crippen molar-refractivity contribution in [1.82, 2.24) is 4.98 Å². The summed E-state index contributed by atoms with van der Waals surface area (Å²) >= 11 is 1.37. The Morgan fingerprint density at radius 1 is 1.06 bits per heavy atom. The van der Waals surface area contributed by atoms with Gasteiger partial charge in [0.2, 0.25) is 0 Å². The lowest BCUT2D eigenvalue weighted by atomic mass is 10.1. The fourth-order valence-corrected chi connectivity index (χ4v) is 4.68. The third kappa shape index (κ3) is 4.29. The van der Waals surface area contributed by atoms with E-state index in [0.29, 0.717) is 5.13 Å². The van der Waals surface area contributed by atoms with E-state index in [-0.39, 0.29) is 29.3 Å². The van der Waals surface area contributed by atoms with E-state index in [1.165, 1.54) is 42.6 Å². The van der Waals surface area contributed by atoms with Crippen molar-refractivity contribution in [3.05, 3.63) is 87.0 Å². The lowest BCUT2D eigenvalue weighted by Crippen LogP contribution is -2.31. The molecule has 8 nitrogen and oxygen atoms in total. The smallest absolute Gasteiger partial charge is 0.286 e. The summed E-state index contributed by atoms with van der Waals surface area (Å²) in [7, 11) is 2.80. The highest BCUT2D eigenvalue weighted by molar-refractivity contribution is 7.22. The zero-order chi connectivity index (χ0) is 24.4. The summed E-state index contributed by atoms with van der Waals surface area (Å²) in [6, 6.07) is 16.0. The predicted octanol–water partition coefficient (Wildman–Crippen LogP) is 5.69. The first-order chi connectivity index (χ1) is 16.3. The number of carbonyl (C=O) groups excluding carboxylic acids is 1. The van der Waals surface area contributed by atoms with Gasteiger partial charge in [0.1, 0.15) is 5.56 Å². The molecule has 174 valence electrons. The van der Waals surface area contributed by atoms with Crippen LogP contribution in [0.2, 0.25) is 0 Å². The number of methoxy groups -OCH3 is 2. The lowest BCUT2D eigenvalue weighted by Gasteiger charge is -2.21. The van der Waals surface area contributed by atoms with E-state index in [1.54, 1.807) is 0 Å². The van der Waals surface area contributed by atoms with Crippen LogP contribution in [0.1, 0.15) is 27.0 Å². The largest absolute Gasteiger partial charge is 0.493 e. The van der Waals surface area contributed by atoms with Crippen molar-refractivity contribution in [2.45, 2.75) is 20.4 Å². The number of ether oxygens (including phenoxy) is 2. The molecule has 0 saturated heterocycles. The van der Waals surface area contributed by atoms with E-state index in [0.717, 1.165) is 26.9 Å². The molecule has 1 amide bonds. The van der Waals surface area contributed by atoms with Gasteiger partial charge in [-0.2, -0.15) is 0 Å². The molecule has 0 aliphatic rings. The van der Waals surface area contributed by atoms with Crippen LogP contribution in [0, 0.1) is 24.0 Å². The highest BCUT2D eigenvalue weighted by Crippen LogP contribution is 2.38. The van der Waals surface area contributed by atoms with Crippen molar-refractivity contribution >= 4 is 38.3 Å². The van der Waals surface area contributed by atoms with E-state index >= 15 is 0 Å². The van der Waals surface area contributed by atoms with Gasteiger partial charge in [-0.05, 0) is 36.6 Å². The molecule has 9 heteroatoms. The van der Waals surface area contributed by atoms with Gasteiger partial charge in [-0.1, -0.05) is 47.7 Å². The standard InChI is InChI=1S/C25H23N3O5S/c1-15-10-11-22-23(16(15)2)26-25(34-22)27(14-17-8-6-5-7-9-17)24(29)18-12-20(32-3)21(33-4)13-19(18)28(30)31/h5-13H,14H2,1-4H3. The van der Waals surface area contributed by atoms with Gasteiger partial charge in [0.05, 0.1) is 42.0 Å². The van der Waals surface area contributed by atoms with Crippen molar-refractivity contribution < 1.29 is 19.2 Å². The monoisotopic (exact) mass is 477 g/mol. The maximum atomic E-state index is 13.9. The number of thiazole rings is 1. The number of fused-ring (bicyclic) bond motifs is 1. The Hall–Kier alpha value is -3.98. The number of hydrogen-bond acceptors (Lipinski definition) is 7. The van der Waals surface area contributed by atoms with Gasteiger partial charge in [0, 0.05) is 6.07 Å². The highest BCUT2D eigenvalue weighted by Gasteiger charge is 2.30. The van der Waals surface area contributed by atoms with Crippen LogP contribution in [0.25, 0.3) is 10.2 Å². The molecule has 0 fully saturated rings. The Morgan fingerprint density at radius 3 is 2.38 bits per heavy atom. The van der Waals surface area contributed by atoms with Crippen LogP contribution in [0.15, 0.2) is 54.6 Å². The normalized spacial score (nSPS) is 10.8. The Labute approximate surface area is 200 Å². The SMILES string of the molecule is COc1cc(C(=O)N(Cc2ccccc2)c2nc3c(C)c(C)ccc3s2)c([N+](=O)[O-])cc1OC. The number of rotatable bonds is 7. The zero-order valence-corrected chi connectivity index (χ0v) is 20.0. The molecule has 1 aromatic heterocycles. The molecule has 4 aromatic rings. The number of benzene rings is 3. The van der Waals surface area contributed by atoms with Gasteiger partial charge in [-0.15, -0.1) is 0 Å². The molecule has 0 aliphatic carbocycles. The van der Waals surface area contributed by atoms with Crippen LogP contribution in [-0.2, 0) is 6.54 Å². The van der Waals surface area contributed by atoms with Crippen LogP contribution in [0.5, 0.6) is 11.5 Å². The average Bonchev–Trinajstić information content (AvgIpc) is 3.29. The number of aryl methyl sites for hydroxylation is 2. The van der Waals surface area contributed by atoms with E-state index in [2.05, 4.69) is 0 Å². The summed E-state index contributed by atoms with van der Waals surface area (Å²) < 4.78 is 11.4. The Kier molecular flexibility index (Phi) is 6.47. The molecule has 0 radical (unpaired) electrons. The van der Waals surface area contributed by atoms with Gasteiger partial charge in [-0.25, -0.2) is 4.98 Å². The van der Waals surface area contributed by atoms with Gasteiger partial charge in [-0.3, -0.25) is 19.8 Å². The molecular weight excluding hydrogens is 454 g/mol. The lowest BCUT2D eigenvalue weighted by molar-refractivity contribution is -0.385. The first kappa shape index (κ1) is 23.2. The minimum absolute atomic E-state index is 0.106. The molecule has 0 aliphatic heterocycles. The molecule has 34 heavy (non-hydrogen) atoms. The molecule has 0 spiro atoms. The topological polar surface area (TPSA) is 94.8 Å². The minimum atomic E-state index is -0.595. The quantitative estimate of drug-likeness (QED) is 0.251. The maximum Gasteiger partial charge on any atom is 0.286 e. The summed E-state index contributed by atoms with van der Waals surface area (Å²) in [4.78, 5) is 31.4. The number of nitro groups is 1. The van der Waals surface area contributed by atoms with Crippen LogP contribution in [0.4, 0.5) is 10.8 Å². The van der Waals surface area contributed by atoms with Gasteiger partial charge in [0.25, 0.3) is 11.6 Å². The van der Waals surface area contributed by atoms with E-state index < -0.39 is 10.8 Å². The zero-order valence-electron chi connectivity index (χ0n) is 19.2. The molecule has 0 unspecified atom stereocenters. The first-order valence-corrected chi connectivity index (χ1v) is 11.3. The number of amides is 1. The molecule has 0 bridgehead atoms. The number of aromatic nitrogens is 1. The van der Waals surface area contributed by atoms with Gasteiger partial charge < -0.3 is 9.47 Å². The Bertz CT molecular complexity index is 1380. The number of hydrogen-bond donors (Lipinski definition) is 0. The maximum absolute atomic E-state index is 13.9. The van der Waals surface area contributed by atoms with Gasteiger partial charge in [0.15, 0.2) is 16.6 Å². The Morgan fingerprint density at radius 2 is 1.74 bits per heavy atom. The summed E-state index contributed by atoms with van der Waals surface area (Å²) in [5.41, 5.74) is 3.34. The summed E-state index contributed by atoms with van der Waals surface area (Å²) in [6.07, 6.45) is 0. The summed E-state index contributed by atoms with van der Waals surface area (Å²) in [5.74, 6) is -0.150. The number of carbonyl (C=O) groups is 1. The highest BCUT2D eigenvalue weighted by atomic mass is 32.1. The van der Waals surface area contributed by atoms with E-state index in [9.17, 15) is 14.9 Å². The number of nitro benzene ring substituents is 1. The second-order valence-electron chi connectivity index (χ2n) is 7.71. The first-order valence-electron chi connectivity index (χ1n) is 10.5.